The summed E-state index contributed by atoms with van der Waals surface area (Å²) >= 11 is 0. The largest absolute Gasteiger partial charge is 0.756 e. The molecule has 0 radical (unpaired) electrons. The highest BCUT2D eigenvalue weighted by Crippen LogP contribution is 2.38. The van der Waals surface area contributed by atoms with Crippen LogP contribution in [0.4, 0.5) is 0 Å². The number of quaternary nitrogens is 1. The van der Waals surface area contributed by atoms with Crippen molar-refractivity contribution < 1.29 is 37.3 Å². The summed E-state index contributed by atoms with van der Waals surface area (Å²) < 4.78 is 30.1. The molecule has 0 aromatic rings. The quantitative estimate of drug-likeness (QED) is 0.0212. The zero-order valence-corrected chi connectivity index (χ0v) is 47.3. The van der Waals surface area contributed by atoms with Gasteiger partial charge in [-0.2, -0.15) is 0 Å². The topological polar surface area (TPSA) is 114 Å². The highest BCUT2D eigenvalue weighted by atomic mass is 31.2. The second-order valence-electron chi connectivity index (χ2n) is 20.1. The molecule has 1 amide bonds. The highest BCUT2D eigenvalue weighted by molar-refractivity contribution is 7.45. The van der Waals surface area contributed by atoms with Gasteiger partial charge in [0.2, 0.25) is 5.91 Å². The molecular formula is C61H107N2O7P. The predicted molar refractivity (Wildman–Crippen MR) is 302 cm³/mol. The van der Waals surface area contributed by atoms with Crippen LogP contribution < -0.4 is 10.2 Å². The highest BCUT2D eigenvalue weighted by Gasteiger charge is 2.27. The zero-order valence-electron chi connectivity index (χ0n) is 46.4. The molecule has 0 aliphatic rings. The van der Waals surface area contributed by atoms with E-state index in [0.29, 0.717) is 23.9 Å². The van der Waals surface area contributed by atoms with Crippen LogP contribution in [0, 0.1) is 0 Å². The molecule has 0 aromatic carbocycles. The van der Waals surface area contributed by atoms with Crippen molar-refractivity contribution >= 4 is 19.7 Å². The van der Waals surface area contributed by atoms with Crippen molar-refractivity contribution in [1.29, 1.82) is 0 Å². The van der Waals surface area contributed by atoms with Gasteiger partial charge >= 0.3 is 5.97 Å². The molecule has 1 N–H and O–H groups in total. The van der Waals surface area contributed by atoms with Gasteiger partial charge in [-0.1, -0.05) is 215 Å². The van der Waals surface area contributed by atoms with Gasteiger partial charge in [-0.3, -0.25) is 14.2 Å². The average Bonchev–Trinajstić information content (AvgIpc) is 3.33. The molecule has 9 nitrogen and oxygen atoms in total. The summed E-state index contributed by atoms with van der Waals surface area (Å²) in [6.07, 6.45) is 66.7. The van der Waals surface area contributed by atoms with Crippen LogP contribution in [0.5, 0.6) is 0 Å². The summed E-state index contributed by atoms with van der Waals surface area (Å²) in [6, 6.07) is -0.930. The predicted octanol–water partition coefficient (Wildman–Crippen LogP) is 16.6. The Morgan fingerprint density at radius 1 is 0.507 bits per heavy atom. The number of likely N-dealkylation sites (N-methyl/N-ethyl adjacent to an activating group) is 1. The van der Waals surface area contributed by atoms with E-state index in [1.54, 1.807) is 6.08 Å². The molecule has 0 aliphatic heterocycles. The molecule has 408 valence electrons. The lowest BCUT2D eigenvalue weighted by atomic mass is 10.1. The summed E-state index contributed by atoms with van der Waals surface area (Å²) in [4.78, 5) is 39.8. The van der Waals surface area contributed by atoms with Crippen LogP contribution in [0.3, 0.4) is 0 Å². The molecule has 0 fully saturated rings. The Kier molecular flexibility index (Phi) is 48.3. The average molecular weight is 1010 g/mol. The van der Waals surface area contributed by atoms with E-state index in [-0.39, 0.29) is 25.4 Å². The van der Waals surface area contributed by atoms with Crippen molar-refractivity contribution in [2.45, 2.75) is 238 Å². The van der Waals surface area contributed by atoms with E-state index in [1.807, 2.05) is 39.4 Å². The molecule has 0 aliphatic carbocycles. The number of amides is 1. The molecule has 0 bridgehead atoms. The Morgan fingerprint density at radius 3 is 1.38 bits per heavy atom. The lowest BCUT2D eigenvalue weighted by Gasteiger charge is -2.30. The molecular weight excluding hydrogens is 904 g/mol. The standard InChI is InChI=1S/C61H107N2O7P/c1-7-10-13-16-19-22-25-28-30-31-32-33-34-36-39-42-45-48-51-54-61(65)70-59(52-49-46-43-40-37-27-24-21-18-15-12-9-3)58(57-69-71(66,67)68-56-55-63(4,5)6)62-60(64)53-50-47-44-41-38-35-29-26-23-20-17-14-11-8-2/h10,13,19,22,28,30,32-33,35-36,38-39,45,48-49,52,58-59H,7-9,11-12,14-18,20-21,23-27,29,31,34,37,40-44,46-47,50-51,53-57H2,1-6H3,(H-,62,64,66,67)/b13-10-,22-19-,30-28-,33-32-,38-35-,39-36-,48-45-,52-49+. The van der Waals surface area contributed by atoms with Gasteiger partial charge in [0.25, 0.3) is 7.82 Å². The number of phosphoric ester groups is 1. The molecule has 3 atom stereocenters. The Hall–Kier alpha value is -3.07. The minimum absolute atomic E-state index is 0.0403. The first-order valence-corrected chi connectivity index (χ1v) is 30.0. The van der Waals surface area contributed by atoms with E-state index >= 15 is 0 Å². The monoisotopic (exact) mass is 1010 g/mol. The third kappa shape index (κ3) is 51.6. The number of phosphoric acid groups is 1. The van der Waals surface area contributed by atoms with E-state index in [4.69, 9.17) is 13.8 Å². The molecule has 0 saturated heterocycles. The number of hydrogen-bond donors (Lipinski definition) is 1. The number of ether oxygens (including phenoxy) is 1. The van der Waals surface area contributed by atoms with Crippen LogP contribution >= 0.6 is 7.82 Å². The van der Waals surface area contributed by atoms with E-state index in [0.717, 1.165) is 83.5 Å². The van der Waals surface area contributed by atoms with E-state index in [9.17, 15) is 19.0 Å². The summed E-state index contributed by atoms with van der Waals surface area (Å²) in [5.74, 6) is -0.663. The molecule has 0 aromatic heterocycles. The fraction of sp³-hybridized carbons (Fsp3) is 0.705. The number of rotatable bonds is 50. The number of nitrogens with zero attached hydrogens (tertiary/aromatic N) is 1. The van der Waals surface area contributed by atoms with Gasteiger partial charge in [-0.05, 0) is 96.0 Å². The lowest BCUT2D eigenvalue weighted by molar-refractivity contribution is -0.870. The fourth-order valence-corrected chi connectivity index (χ4v) is 8.32. The summed E-state index contributed by atoms with van der Waals surface area (Å²) in [5.41, 5.74) is 0. The van der Waals surface area contributed by atoms with Gasteiger partial charge < -0.3 is 28.5 Å². The van der Waals surface area contributed by atoms with Gasteiger partial charge in [-0.25, -0.2) is 0 Å². The maximum atomic E-state index is 13.5. The molecule has 10 heteroatoms. The van der Waals surface area contributed by atoms with Crippen LogP contribution in [0.1, 0.15) is 226 Å². The normalized spacial score (nSPS) is 14.5. The van der Waals surface area contributed by atoms with Gasteiger partial charge in [0.05, 0.1) is 33.8 Å². The Balaban J connectivity index is 5.50. The van der Waals surface area contributed by atoms with Crippen LogP contribution in [0.15, 0.2) is 97.2 Å². The van der Waals surface area contributed by atoms with E-state index in [2.05, 4.69) is 99.0 Å². The smallest absolute Gasteiger partial charge is 0.306 e. The maximum Gasteiger partial charge on any atom is 0.306 e. The maximum absolute atomic E-state index is 13.5. The second-order valence-corrected chi connectivity index (χ2v) is 21.5. The lowest BCUT2D eigenvalue weighted by Crippen LogP contribution is -2.47. The number of allylic oxidation sites excluding steroid dienone is 15. The fourth-order valence-electron chi connectivity index (χ4n) is 7.60. The van der Waals surface area contributed by atoms with Crippen LogP contribution in [0.25, 0.3) is 0 Å². The van der Waals surface area contributed by atoms with Gasteiger partial charge in [0, 0.05) is 12.8 Å². The van der Waals surface area contributed by atoms with Gasteiger partial charge in [-0.15, -0.1) is 0 Å². The molecule has 0 spiro atoms. The number of carbonyl (C=O) groups excluding carboxylic acids is 2. The third-order valence-corrected chi connectivity index (χ3v) is 13.0. The number of esters is 1. The van der Waals surface area contributed by atoms with Crippen LogP contribution in [-0.4, -0.2) is 69.4 Å². The van der Waals surface area contributed by atoms with Gasteiger partial charge in [0.1, 0.15) is 19.3 Å². The molecule has 3 unspecified atom stereocenters. The molecule has 0 rings (SSSR count). The van der Waals surface area contributed by atoms with Crippen LogP contribution in [0.2, 0.25) is 0 Å². The van der Waals surface area contributed by atoms with Crippen molar-refractivity contribution in [2.75, 3.05) is 40.9 Å². The molecule has 0 saturated carbocycles. The number of carbonyl (C=O) groups is 2. The first kappa shape index (κ1) is 67.9. The van der Waals surface area contributed by atoms with E-state index < -0.39 is 32.5 Å². The molecule has 0 heterocycles. The molecule has 71 heavy (non-hydrogen) atoms. The Bertz CT molecular complexity index is 1540. The number of hydrogen-bond acceptors (Lipinski definition) is 7. The van der Waals surface area contributed by atoms with Crippen molar-refractivity contribution in [3.05, 3.63) is 97.2 Å². The second kappa shape index (κ2) is 50.5. The Labute approximate surface area is 437 Å². The first-order valence-electron chi connectivity index (χ1n) is 28.5. The van der Waals surface area contributed by atoms with Crippen LogP contribution in [-0.2, 0) is 27.9 Å². The minimum Gasteiger partial charge on any atom is -0.756 e. The minimum atomic E-state index is -4.72. The van der Waals surface area contributed by atoms with Crippen molar-refractivity contribution in [2.24, 2.45) is 0 Å². The number of nitrogens with one attached hydrogen (secondary N) is 1. The van der Waals surface area contributed by atoms with Crippen molar-refractivity contribution in [1.82, 2.24) is 5.32 Å². The third-order valence-electron chi connectivity index (χ3n) is 12.0. The zero-order chi connectivity index (χ0) is 52.2. The van der Waals surface area contributed by atoms with Crippen molar-refractivity contribution in [3.8, 4) is 0 Å². The first-order chi connectivity index (χ1) is 34.4. The summed E-state index contributed by atoms with van der Waals surface area (Å²) in [7, 11) is 1.13. The number of unbranched alkanes of at least 4 members (excludes halogenated alkanes) is 20. The van der Waals surface area contributed by atoms with E-state index in [1.165, 1.54) is 96.3 Å². The Morgan fingerprint density at radius 2 is 0.915 bits per heavy atom. The summed E-state index contributed by atoms with van der Waals surface area (Å²) in [5, 5.41) is 2.99. The SMILES string of the molecule is CC/C=C\C/C=C\C/C=C\C/C=C\C/C=C\C/C=C\CCC(=O)OC(/C=C/CCCCCCCCCCCC)C(COP(=O)([O-])OCC[N+](C)(C)C)NC(=O)CCCCC/C=C\CCCCCCCCC. The van der Waals surface area contributed by atoms with Crippen molar-refractivity contribution in [3.63, 3.8) is 0 Å². The van der Waals surface area contributed by atoms with Gasteiger partial charge in [0.15, 0.2) is 0 Å². The summed E-state index contributed by atoms with van der Waals surface area (Å²) in [6.45, 7) is 6.64.